The lowest BCUT2D eigenvalue weighted by atomic mass is 10.2. The molecular formula is C11H8N2. The van der Waals surface area contributed by atoms with Crippen molar-refractivity contribution in [3.05, 3.63) is 42.6 Å². The quantitative estimate of drug-likeness (QED) is 0.549. The number of pyridine rings is 1. The summed E-state index contributed by atoms with van der Waals surface area (Å²) in [5.74, 6) is 0. The summed E-state index contributed by atoms with van der Waals surface area (Å²) < 4.78 is 0. The number of nitrogens with zero attached hydrogens (tertiary/aromatic N) is 1. The monoisotopic (exact) mass is 168 g/mol. The van der Waals surface area contributed by atoms with Crippen LogP contribution in [0.1, 0.15) is 0 Å². The Kier molecular flexibility index (Phi) is 1.19. The van der Waals surface area contributed by atoms with Crippen LogP contribution in [0.2, 0.25) is 0 Å². The number of rotatable bonds is 0. The van der Waals surface area contributed by atoms with Crippen molar-refractivity contribution in [1.82, 2.24) is 9.97 Å². The van der Waals surface area contributed by atoms with Crippen LogP contribution < -0.4 is 0 Å². The summed E-state index contributed by atoms with van der Waals surface area (Å²) in [6.45, 7) is 0. The lowest BCUT2D eigenvalue weighted by Gasteiger charge is -1.95. The third kappa shape index (κ3) is 0.920. The van der Waals surface area contributed by atoms with Crippen LogP contribution in [0.5, 0.6) is 0 Å². The Morgan fingerprint density at radius 3 is 2.92 bits per heavy atom. The molecule has 2 heterocycles. The van der Waals surface area contributed by atoms with Crippen LogP contribution in [-0.2, 0) is 0 Å². The highest BCUT2D eigenvalue weighted by Gasteiger charge is 1.97. The molecule has 0 unspecified atom stereocenters. The molecule has 0 bridgehead atoms. The second kappa shape index (κ2) is 2.33. The van der Waals surface area contributed by atoms with E-state index >= 15 is 0 Å². The minimum atomic E-state index is 1.03. The van der Waals surface area contributed by atoms with Crippen LogP contribution in [0.4, 0.5) is 0 Å². The maximum atomic E-state index is 4.51. The van der Waals surface area contributed by atoms with Gasteiger partial charge < -0.3 is 4.98 Å². The molecule has 2 heteroatoms. The van der Waals surface area contributed by atoms with E-state index < -0.39 is 0 Å². The Balaban J connectivity index is 2.57. The third-order valence-corrected chi connectivity index (χ3v) is 2.23. The number of fused-ring (bicyclic) bond motifs is 2. The minimum absolute atomic E-state index is 1.03. The number of nitrogens with one attached hydrogen (secondary N) is 1. The molecule has 0 spiro atoms. The molecule has 0 saturated heterocycles. The average Bonchev–Trinajstić information content (AvgIpc) is 2.61. The molecule has 0 aliphatic heterocycles. The van der Waals surface area contributed by atoms with Gasteiger partial charge in [0, 0.05) is 11.6 Å². The molecule has 2 nitrogen and oxygen atoms in total. The predicted octanol–water partition coefficient (Wildman–Crippen LogP) is 2.72. The third-order valence-electron chi connectivity index (χ3n) is 2.23. The Morgan fingerprint density at radius 2 is 1.92 bits per heavy atom. The van der Waals surface area contributed by atoms with Crippen molar-refractivity contribution in [3.8, 4) is 0 Å². The van der Waals surface area contributed by atoms with Crippen molar-refractivity contribution in [2.75, 3.05) is 0 Å². The summed E-state index contributed by atoms with van der Waals surface area (Å²) >= 11 is 0. The van der Waals surface area contributed by atoms with Gasteiger partial charge in [0.2, 0.25) is 0 Å². The lowest BCUT2D eigenvalue weighted by molar-refractivity contribution is 1.46. The van der Waals surface area contributed by atoms with Crippen molar-refractivity contribution in [3.63, 3.8) is 0 Å². The first kappa shape index (κ1) is 6.66. The van der Waals surface area contributed by atoms with Gasteiger partial charge in [-0.2, -0.15) is 0 Å². The van der Waals surface area contributed by atoms with Crippen LogP contribution in [0.25, 0.3) is 21.9 Å². The molecular weight excluding hydrogens is 160 g/mol. The van der Waals surface area contributed by atoms with Crippen molar-refractivity contribution in [2.45, 2.75) is 0 Å². The van der Waals surface area contributed by atoms with E-state index in [1.54, 1.807) is 0 Å². The number of aromatic amines is 1. The van der Waals surface area contributed by atoms with E-state index in [0.717, 1.165) is 16.6 Å². The Bertz CT molecular complexity index is 517. The average molecular weight is 168 g/mol. The summed E-state index contributed by atoms with van der Waals surface area (Å²) in [5.41, 5.74) is 3.17. The van der Waals surface area contributed by atoms with Crippen molar-refractivity contribution in [2.24, 2.45) is 0 Å². The Hall–Kier alpha value is -1.83. The number of hydrogen-bond acceptors (Lipinski definition) is 1. The van der Waals surface area contributed by atoms with Gasteiger partial charge in [-0.1, -0.05) is 18.2 Å². The standard InChI is InChI=1S/C11H8N2/c1-2-4-9-8(3-1)7-11-10(13-9)5-6-12-11/h1-7,12H. The molecule has 13 heavy (non-hydrogen) atoms. The van der Waals surface area contributed by atoms with E-state index in [9.17, 15) is 0 Å². The van der Waals surface area contributed by atoms with Crippen LogP contribution >= 0.6 is 0 Å². The zero-order valence-electron chi connectivity index (χ0n) is 6.99. The Morgan fingerprint density at radius 1 is 1.00 bits per heavy atom. The molecule has 1 aromatic carbocycles. The molecule has 3 aromatic rings. The minimum Gasteiger partial charge on any atom is -0.360 e. The largest absolute Gasteiger partial charge is 0.360 e. The molecule has 3 rings (SSSR count). The van der Waals surface area contributed by atoms with Gasteiger partial charge in [0.15, 0.2) is 0 Å². The van der Waals surface area contributed by atoms with Crippen molar-refractivity contribution < 1.29 is 0 Å². The van der Waals surface area contributed by atoms with E-state index in [2.05, 4.69) is 22.1 Å². The fraction of sp³-hybridized carbons (Fsp3) is 0. The highest BCUT2D eigenvalue weighted by molar-refractivity contribution is 5.90. The van der Waals surface area contributed by atoms with Crippen LogP contribution in [0, 0.1) is 0 Å². The highest BCUT2D eigenvalue weighted by atomic mass is 14.8. The van der Waals surface area contributed by atoms with Gasteiger partial charge in [-0.3, -0.25) is 0 Å². The predicted molar refractivity (Wildman–Crippen MR) is 53.6 cm³/mol. The van der Waals surface area contributed by atoms with E-state index in [4.69, 9.17) is 0 Å². The fourth-order valence-corrected chi connectivity index (χ4v) is 1.58. The molecule has 0 fully saturated rings. The van der Waals surface area contributed by atoms with E-state index in [-0.39, 0.29) is 0 Å². The van der Waals surface area contributed by atoms with E-state index in [0.29, 0.717) is 0 Å². The highest BCUT2D eigenvalue weighted by Crippen LogP contribution is 2.17. The van der Waals surface area contributed by atoms with Gasteiger partial charge in [-0.15, -0.1) is 0 Å². The van der Waals surface area contributed by atoms with Crippen LogP contribution in [0.15, 0.2) is 42.6 Å². The molecule has 0 amide bonds. The molecule has 0 atom stereocenters. The molecule has 0 radical (unpaired) electrons. The van der Waals surface area contributed by atoms with E-state index in [1.165, 1.54) is 5.39 Å². The molecule has 0 saturated carbocycles. The molecule has 0 aliphatic carbocycles. The number of hydrogen-bond donors (Lipinski definition) is 1. The first-order valence-electron chi connectivity index (χ1n) is 4.26. The van der Waals surface area contributed by atoms with Crippen molar-refractivity contribution in [1.29, 1.82) is 0 Å². The first-order valence-corrected chi connectivity index (χ1v) is 4.26. The lowest BCUT2D eigenvalue weighted by Crippen LogP contribution is -1.78. The first-order chi connectivity index (χ1) is 6.43. The summed E-state index contributed by atoms with van der Waals surface area (Å²) in [4.78, 5) is 7.66. The maximum absolute atomic E-state index is 4.51. The number of para-hydroxylation sites is 1. The SMILES string of the molecule is c1ccc2nc3cc[nH]c3cc2c1. The summed E-state index contributed by atoms with van der Waals surface area (Å²) in [7, 11) is 0. The summed E-state index contributed by atoms with van der Waals surface area (Å²) in [6.07, 6.45) is 1.91. The number of aromatic nitrogens is 2. The van der Waals surface area contributed by atoms with Gasteiger partial charge in [0.05, 0.1) is 16.6 Å². The van der Waals surface area contributed by atoms with E-state index in [1.807, 2.05) is 30.5 Å². The van der Waals surface area contributed by atoms with Gasteiger partial charge >= 0.3 is 0 Å². The van der Waals surface area contributed by atoms with Gasteiger partial charge in [0.1, 0.15) is 0 Å². The number of benzene rings is 1. The fourth-order valence-electron chi connectivity index (χ4n) is 1.58. The molecule has 0 aliphatic rings. The molecule has 1 N–H and O–H groups in total. The molecule has 2 aromatic heterocycles. The van der Waals surface area contributed by atoms with Crippen LogP contribution in [0.3, 0.4) is 0 Å². The second-order valence-corrected chi connectivity index (χ2v) is 3.09. The maximum Gasteiger partial charge on any atom is 0.0886 e. The Labute approximate surface area is 75.2 Å². The normalized spacial score (nSPS) is 11.1. The van der Waals surface area contributed by atoms with Gasteiger partial charge in [-0.05, 0) is 18.2 Å². The zero-order chi connectivity index (χ0) is 8.67. The molecule has 62 valence electrons. The van der Waals surface area contributed by atoms with Gasteiger partial charge in [-0.25, -0.2) is 4.98 Å². The topological polar surface area (TPSA) is 28.7 Å². The number of H-pyrrole nitrogens is 1. The second-order valence-electron chi connectivity index (χ2n) is 3.09. The van der Waals surface area contributed by atoms with Gasteiger partial charge in [0.25, 0.3) is 0 Å². The summed E-state index contributed by atoms with van der Waals surface area (Å²) in [5, 5.41) is 1.18. The summed E-state index contributed by atoms with van der Waals surface area (Å²) in [6, 6.07) is 12.2. The van der Waals surface area contributed by atoms with Crippen molar-refractivity contribution >= 4 is 21.9 Å². The zero-order valence-corrected chi connectivity index (χ0v) is 6.99. The smallest absolute Gasteiger partial charge is 0.0886 e. The van der Waals surface area contributed by atoms with Crippen LogP contribution in [-0.4, -0.2) is 9.97 Å².